The predicted octanol–water partition coefficient (Wildman–Crippen LogP) is 1.22. The zero-order valence-electron chi connectivity index (χ0n) is 13.2. The molecule has 1 aliphatic carbocycles. The van der Waals surface area contributed by atoms with Crippen LogP contribution in [0.3, 0.4) is 0 Å². The number of rotatable bonds is 5. The summed E-state index contributed by atoms with van der Waals surface area (Å²) >= 11 is 0. The molecule has 120 valence electrons. The minimum absolute atomic E-state index is 0.0631. The highest BCUT2D eigenvalue weighted by atomic mass is 16.6. The van der Waals surface area contributed by atoms with Gasteiger partial charge in [0.1, 0.15) is 11.2 Å². The molecule has 2 aliphatic rings. The van der Waals surface area contributed by atoms with Crippen LogP contribution >= 0.6 is 0 Å². The normalized spacial score (nSPS) is 46.0. The summed E-state index contributed by atoms with van der Waals surface area (Å²) < 4.78 is 11.2. The summed E-state index contributed by atoms with van der Waals surface area (Å²) in [5.41, 5.74) is -0.955. The van der Waals surface area contributed by atoms with E-state index in [-0.39, 0.29) is 12.5 Å². The van der Waals surface area contributed by atoms with Crippen molar-refractivity contribution in [3.05, 3.63) is 11.6 Å². The Hall–Kier alpha value is -0.750. The zero-order valence-corrected chi connectivity index (χ0v) is 13.2. The number of carbonyl (C=O) groups excluding carboxylic acids is 1. The number of hydrogen-bond donors (Lipinski definition) is 2. The van der Waals surface area contributed by atoms with Crippen molar-refractivity contribution in [3.63, 3.8) is 0 Å². The van der Waals surface area contributed by atoms with E-state index >= 15 is 0 Å². The highest BCUT2D eigenvalue weighted by molar-refractivity contribution is 5.64. The molecule has 2 fully saturated rings. The fourth-order valence-corrected chi connectivity index (χ4v) is 3.62. The lowest BCUT2D eigenvalue weighted by Gasteiger charge is -2.45. The minimum atomic E-state index is -1.51. The molecule has 0 aromatic heterocycles. The van der Waals surface area contributed by atoms with E-state index in [2.05, 4.69) is 6.08 Å². The van der Waals surface area contributed by atoms with Crippen LogP contribution in [0.1, 0.15) is 40.0 Å². The van der Waals surface area contributed by atoms with Crippen molar-refractivity contribution in [2.75, 3.05) is 7.11 Å². The molecule has 1 aliphatic heterocycles. The van der Waals surface area contributed by atoms with Crippen molar-refractivity contribution < 1.29 is 24.5 Å². The van der Waals surface area contributed by atoms with Gasteiger partial charge in [-0.2, -0.15) is 0 Å². The second kappa shape index (κ2) is 5.80. The third-order valence-corrected chi connectivity index (χ3v) is 4.90. The molecule has 1 saturated carbocycles. The molecule has 1 heterocycles. The number of epoxide rings is 1. The lowest BCUT2D eigenvalue weighted by molar-refractivity contribution is -0.178. The Bertz CT molecular complexity index is 430. The van der Waals surface area contributed by atoms with Gasteiger partial charge in [0.25, 0.3) is 0 Å². The van der Waals surface area contributed by atoms with Crippen LogP contribution in [-0.4, -0.2) is 53.1 Å². The number of hydrogen-bond acceptors (Lipinski definition) is 5. The topological polar surface area (TPSA) is 79.3 Å². The molecule has 6 atom stereocenters. The van der Waals surface area contributed by atoms with E-state index in [4.69, 9.17) is 9.47 Å². The standard InChI is InChI=1S/C16H26O5/c1-10(2)5-6-12-15(3,21-12)14-13(20-4)11(18)7-8-16(14,19)9-17/h5,9,11-14,18-19H,6-8H2,1-4H3/t11-,12-,13-,14-,15+,16+/m1/s1. The lowest BCUT2D eigenvalue weighted by atomic mass is 9.66. The van der Waals surface area contributed by atoms with Crippen molar-refractivity contribution in [2.24, 2.45) is 5.92 Å². The summed E-state index contributed by atoms with van der Waals surface area (Å²) in [4.78, 5) is 11.5. The van der Waals surface area contributed by atoms with Gasteiger partial charge in [0, 0.05) is 7.11 Å². The summed E-state index contributed by atoms with van der Waals surface area (Å²) in [6.45, 7) is 5.92. The summed E-state index contributed by atoms with van der Waals surface area (Å²) in [6, 6.07) is 0. The quantitative estimate of drug-likeness (QED) is 0.453. The maximum absolute atomic E-state index is 11.5. The fourth-order valence-electron chi connectivity index (χ4n) is 3.62. The van der Waals surface area contributed by atoms with Gasteiger partial charge in [0.05, 0.1) is 24.2 Å². The first-order valence-corrected chi connectivity index (χ1v) is 7.49. The molecule has 0 bridgehead atoms. The molecular formula is C16H26O5. The number of aliphatic hydroxyl groups excluding tert-OH is 1. The van der Waals surface area contributed by atoms with Gasteiger partial charge in [0.15, 0.2) is 6.29 Å². The number of carbonyl (C=O) groups is 1. The average Bonchev–Trinajstić information content (AvgIpc) is 3.10. The van der Waals surface area contributed by atoms with Crippen molar-refractivity contribution in [2.45, 2.75) is 69.5 Å². The van der Waals surface area contributed by atoms with Gasteiger partial charge >= 0.3 is 0 Å². The molecule has 0 aromatic rings. The van der Waals surface area contributed by atoms with Crippen LogP contribution in [0.5, 0.6) is 0 Å². The number of ether oxygens (including phenoxy) is 2. The van der Waals surface area contributed by atoms with E-state index in [0.29, 0.717) is 12.7 Å². The van der Waals surface area contributed by atoms with Crippen molar-refractivity contribution in [3.8, 4) is 0 Å². The fraction of sp³-hybridized carbons (Fsp3) is 0.812. The van der Waals surface area contributed by atoms with Gasteiger partial charge in [-0.1, -0.05) is 11.6 Å². The Morgan fingerprint density at radius 2 is 2.14 bits per heavy atom. The Balaban J connectivity index is 2.24. The van der Waals surface area contributed by atoms with Crippen LogP contribution < -0.4 is 0 Å². The first-order chi connectivity index (χ1) is 9.78. The lowest BCUT2D eigenvalue weighted by Crippen LogP contribution is -2.60. The third kappa shape index (κ3) is 2.93. The maximum Gasteiger partial charge on any atom is 0.152 e. The van der Waals surface area contributed by atoms with Crippen molar-refractivity contribution >= 4 is 6.29 Å². The van der Waals surface area contributed by atoms with Gasteiger partial charge in [-0.05, 0) is 40.0 Å². The molecule has 5 heteroatoms. The Morgan fingerprint density at radius 3 is 2.67 bits per heavy atom. The summed E-state index contributed by atoms with van der Waals surface area (Å²) in [7, 11) is 1.49. The van der Waals surface area contributed by atoms with E-state index in [1.165, 1.54) is 12.7 Å². The van der Waals surface area contributed by atoms with Crippen LogP contribution in [-0.2, 0) is 14.3 Å². The molecule has 0 amide bonds. The number of allylic oxidation sites excluding steroid dienone is 1. The zero-order chi connectivity index (χ0) is 15.8. The first-order valence-electron chi connectivity index (χ1n) is 7.49. The summed E-state index contributed by atoms with van der Waals surface area (Å²) in [5.74, 6) is -0.563. The summed E-state index contributed by atoms with van der Waals surface area (Å²) in [6.07, 6.45) is 2.62. The molecule has 0 spiro atoms. The van der Waals surface area contributed by atoms with Gasteiger partial charge in [0.2, 0.25) is 0 Å². The van der Waals surface area contributed by atoms with Crippen LogP contribution in [0.4, 0.5) is 0 Å². The number of methoxy groups -OCH3 is 1. The molecule has 2 rings (SSSR count). The second-order valence-corrected chi connectivity index (χ2v) is 6.70. The molecule has 0 aromatic carbocycles. The van der Waals surface area contributed by atoms with E-state index in [9.17, 15) is 15.0 Å². The SMILES string of the molecule is CO[C@@H]1[C@H](O)CC[C@](O)(C=O)[C@H]1[C@@]1(C)O[C@@H]1CC=C(C)C. The molecule has 5 nitrogen and oxygen atoms in total. The highest BCUT2D eigenvalue weighted by Crippen LogP contribution is 2.53. The first kappa shape index (κ1) is 16.6. The van der Waals surface area contributed by atoms with Gasteiger partial charge < -0.3 is 24.5 Å². The number of aldehydes is 1. The molecule has 0 unspecified atom stereocenters. The largest absolute Gasteiger partial charge is 0.390 e. The van der Waals surface area contributed by atoms with Crippen molar-refractivity contribution in [1.82, 2.24) is 0 Å². The minimum Gasteiger partial charge on any atom is -0.390 e. The highest BCUT2D eigenvalue weighted by Gasteiger charge is 2.67. The van der Waals surface area contributed by atoms with Gasteiger partial charge in [-0.25, -0.2) is 0 Å². The van der Waals surface area contributed by atoms with Crippen LogP contribution in [0.2, 0.25) is 0 Å². The molecule has 0 radical (unpaired) electrons. The third-order valence-electron chi connectivity index (χ3n) is 4.90. The van der Waals surface area contributed by atoms with Gasteiger partial charge in [-0.3, -0.25) is 0 Å². The monoisotopic (exact) mass is 298 g/mol. The van der Waals surface area contributed by atoms with E-state index in [1.807, 2.05) is 20.8 Å². The summed E-state index contributed by atoms with van der Waals surface area (Å²) in [5, 5.41) is 20.8. The number of aliphatic hydroxyl groups is 2. The van der Waals surface area contributed by atoms with Crippen molar-refractivity contribution in [1.29, 1.82) is 0 Å². The molecule has 2 N–H and O–H groups in total. The average molecular weight is 298 g/mol. The van der Waals surface area contributed by atoms with Gasteiger partial charge in [-0.15, -0.1) is 0 Å². The van der Waals surface area contributed by atoms with E-state index in [0.717, 1.165) is 6.42 Å². The van der Waals surface area contributed by atoms with Crippen LogP contribution in [0, 0.1) is 5.92 Å². The van der Waals surface area contributed by atoms with Crippen LogP contribution in [0.15, 0.2) is 11.6 Å². The second-order valence-electron chi connectivity index (χ2n) is 6.70. The van der Waals surface area contributed by atoms with Crippen LogP contribution in [0.25, 0.3) is 0 Å². The molecular weight excluding hydrogens is 272 g/mol. The smallest absolute Gasteiger partial charge is 0.152 e. The predicted molar refractivity (Wildman–Crippen MR) is 77.9 cm³/mol. The Morgan fingerprint density at radius 1 is 1.48 bits per heavy atom. The van der Waals surface area contributed by atoms with E-state index in [1.54, 1.807) is 0 Å². The molecule has 21 heavy (non-hydrogen) atoms. The Kier molecular flexibility index (Phi) is 4.59. The van der Waals surface area contributed by atoms with E-state index < -0.39 is 29.3 Å². The Labute approximate surface area is 125 Å². The maximum atomic E-state index is 11.5. The molecule has 1 saturated heterocycles.